The molecular formula is C29H26O7. The van der Waals surface area contributed by atoms with Gasteiger partial charge in [0.15, 0.2) is 5.78 Å². The van der Waals surface area contributed by atoms with Crippen LogP contribution < -0.4 is 9.47 Å². The van der Waals surface area contributed by atoms with E-state index in [2.05, 4.69) is 0 Å². The Kier molecular flexibility index (Phi) is 5.43. The van der Waals surface area contributed by atoms with Crippen LogP contribution in [0.2, 0.25) is 0 Å². The number of hydrogen-bond acceptors (Lipinski definition) is 7. The zero-order valence-electron chi connectivity index (χ0n) is 20.0. The molecule has 0 unspecified atom stereocenters. The molecule has 3 aliphatic rings. The first kappa shape index (κ1) is 22.6. The maximum Gasteiger partial charge on any atom is 0.337 e. The number of ketones is 1. The summed E-state index contributed by atoms with van der Waals surface area (Å²) in [7, 11) is 1.34. The maximum atomic E-state index is 13.2. The average molecular weight is 487 g/mol. The summed E-state index contributed by atoms with van der Waals surface area (Å²) in [6.07, 6.45) is 5.38. The van der Waals surface area contributed by atoms with E-state index in [1.807, 2.05) is 12.1 Å². The number of ether oxygens (including phenoxy) is 3. The van der Waals surface area contributed by atoms with Gasteiger partial charge in [-0.1, -0.05) is 18.6 Å². The van der Waals surface area contributed by atoms with Crippen LogP contribution >= 0.6 is 0 Å². The molecule has 3 aromatic rings. The van der Waals surface area contributed by atoms with E-state index in [9.17, 15) is 14.4 Å². The Morgan fingerprint density at radius 2 is 1.75 bits per heavy atom. The molecule has 0 radical (unpaired) electrons. The Balaban J connectivity index is 1.39. The zero-order valence-corrected chi connectivity index (χ0v) is 20.0. The molecule has 7 heteroatoms. The fourth-order valence-electron chi connectivity index (χ4n) is 5.70. The quantitative estimate of drug-likeness (QED) is 0.339. The second-order valence-electron chi connectivity index (χ2n) is 9.80. The highest BCUT2D eigenvalue weighted by molar-refractivity contribution is 6.01. The van der Waals surface area contributed by atoms with Gasteiger partial charge in [-0.25, -0.2) is 4.79 Å². The van der Waals surface area contributed by atoms with Crippen molar-refractivity contribution in [3.05, 3.63) is 71.0 Å². The SMILES string of the molecule is COC(=O)c1ccc(-c2ccc([C@H]3CC(=O)Oc4ccc5c(c43)OC3(CCCCC3)CC5=O)o2)cc1. The molecule has 2 aromatic carbocycles. The number of benzene rings is 2. The van der Waals surface area contributed by atoms with E-state index in [4.69, 9.17) is 18.6 Å². The van der Waals surface area contributed by atoms with Gasteiger partial charge in [0.1, 0.15) is 28.6 Å². The van der Waals surface area contributed by atoms with Crippen molar-refractivity contribution < 1.29 is 33.0 Å². The van der Waals surface area contributed by atoms with Crippen molar-refractivity contribution in [2.75, 3.05) is 7.11 Å². The van der Waals surface area contributed by atoms with Crippen molar-refractivity contribution in [1.82, 2.24) is 0 Å². The van der Waals surface area contributed by atoms with Crippen molar-refractivity contribution in [3.8, 4) is 22.8 Å². The molecule has 184 valence electrons. The molecule has 1 aromatic heterocycles. The van der Waals surface area contributed by atoms with Crippen LogP contribution in [-0.2, 0) is 9.53 Å². The topological polar surface area (TPSA) is 92.0 Å². The summed E-state index contributed by atoms with van der Waals surface area (Å²) in [6.45, 7) is 0. The second kappa shape index (κ2) is 8.66. The van der Waals surface area contributed by atoms with Crippen LogP contribution in [0.15, 0.2) is 52.9 Å². The largest absolute Gasteiger partial charge is 0.486 e. The molecule has 2 aliphatic heterocycles. The van der Waals surface area contributed by atoms with E-state index in [0.717, 1.165) is 37.7 Å². The predicted octanol–water partition coefficient (Wildman–Crippen LogP) is 5.84. The molecular weight excluding hydrogens is 460 g/mol. The van der Waals surface area contributed by atoms with Crippen molar-refractivity contribution in [2.24, 2.45) is 0 Å². The van der Waals surface area contributed by atoms with Gasteiger partial charge in [-0.15, -0.1) is 0 Å². The Hall–Kier alpha value is -3.87. The van der Waals surface area contributed by atoms with E-state index in [1.165, 1.54) is 7.11 Å². The molecule has 1 saturated carbocycles. The molecule has 7 nitrogen and oxygen atoms in total. The smallest absolute Gasteiger partial charge is 0.337 e. The summed E-state index contributed by atoms with van der Waals surface area (Å²) < 4.78 is 23.2. The number of fused-ring (bicyclic) bond motifs is 3. The van der Waals surface area contributed by atoms with Gasteiger partial charge in [-0.2, -0.15) is 0 Å². The summed E-state index contributed by atoms with van der Waals surface area (Å²) in [6, 6.07) is 14.0. The number of hydrogen-bond donors (Lipinski definition) is 0. The highest BCUT2D eigenvalue weighted by Crippen LogP contribution is 2.51. The molecule has 0 amide bonds. The normalized spacial score (nSPS) is 20.2. The number of esters is 2. The number of Topliss-reactive ketones (excluding diaryl/α,β-unsaturated/α-hetero) is 1. The lowest BCUT2D eigenvalue weighted by molar-refractivity contribution is -0.135. The molecule has 0 bridgehead atoms. The van der Waals surface area contributed by atoms with Gasteiger partial charge >= 0.3 is 11.9 Å². The van der Waals surface area contributed by atoms with E-state index < -0.39 is 17.5 Å². The Bertz CT molecular complexity index is 1360. The standard InChI is InChI=1S/C29H26O7/c1-33-28(32)18-7-5-17(6-8-18)22-11-12-23(34-22)20-15-25(31)35-24-10-9-19-21(30)16-29(13-3-2-4-14-29)36-27(19)26(20)24/h5-12,20H,2-4,13-16H2,1H3/t20-/m1/s1. The van der Waals surface area contributed by atoms with Crippen LogP contribution in [0.1, 0.15) is 82.9 Å². The Labute approximate surface area is 208 Å². The van der Waals surface area contributed by atoms with Gasteiger partial charge < -0.3 is 18.6 Å². The Morgan fingerprint density at radius 3 is 2.50 bits per heavy atom. The second-order valence-corrected chi connectivity index (χ2v) is 9.80. The molecule has 1 atom stereocenters. The first-order valence-corrected chi connectivity index (χ1v) is 12.3. The molecule has 1 aliphatic carbocycles. The Morgan fingerprint density at radius 1 is 0.972 bits per heavy atom. The van der Waals surface area contributed by atoms with Crippen LogP contribution in [0.5, 0.6) is 11.5 Å². The van der Waals surface area contributed by atoms with E-state index in [0.29, 0.717) is 46.1 Å². The van der Waals surface area contributed by atoms with Crippen molar-refractivity contribution in [2.45, 2.75) is 56.5 Å². The van der Waals surface area contributed by atoms with E-state index in [1.54, 1.807) is 36.4 Å². The minimum Gasteiger partial charge on any atom is -0.486 e. The van der Waals surface area contributed by atoms with E-state index in [-0.39, 0.29) is 18.2 Å². The molecule has 0 saturated heterocycles. The van der Waals surface area contributed by atoms with Gasteiger partial charge in [-0.05, 0) is 62.1 Å². The third-order valence-electron chi connectivity index (χ3n) is 7.53. The number of rotatable bonds is 3. The van der Waals surface area contributed by atoms with Gasteiger partial charge in [-0.3, -0.25) is 9.59 Å². The van der Waals surface area contributed by atoms with Crippen molar-refractivity contribution >= 4 is 17.7 Å². The van der Waals surface area contributed by atoms with Crippen LogP contribution in [0.4, 0.5) is 0 Å². The van der Waals surface area contributed by atoms with Gasteiger partial charge in [0.25, 0.3) is 0 Å². The number of carbonyl (C=O) groups excluding carboxylic acids is 3. The first-order chi connectivity index (χ1) is 17.5. The molecule has 0 N–H and O–H groups in total. The third-order valence-corrected chi connectivity index (χ3v) is 7.53. The highest BCUT2D eigenvalue weighted by Gasteiger charge is 2.45. The molecule has 3 heterocycles. The summed E-state index contributed by atoms with van der Waals surface area (Å²) in [5.41, 5.74) is 1.99. The molecule has 1 fully saturated rings. The lowest BCUT2D eigenvalue weighted by Crippen LogP contribution is -2.44. The number of carbonyl (C=O) groups is 3. The molecule has 36 heavy (non-hydrogen) atoms. The predicted molar refractivity (Wildman–Crippen MR) is 129 cm³/mol. The van der Waals surface area contributed by atoms with Crippen LogP contribution in [0.3, 0.4) is 0 Å². The lowest BCUT2D eigenvalue weighted by Gasteiger charge is -2.42. The third kappa shape index (κ3) is 3.79. The fraction of sp³-hybridized carbons (Fsp3) is 0.345. The van der Waals surface area contributed by atoms with Gasteiger partial charge in [0.2, 0.25) is 0 Å². The number of furan rings is 1. The number of methoxy groups -OCH3 is 1. The first-order valence-electron chi connectivity index (χ1n) is 12.3. The molecule has 6 rings (SSSR count). The van der Waals surface area contributed by atoms with E-state index >= 15 is 0 Å². The van der Waals surface area contributed by atoms with Gasteiger partial charge in [0.05, 0.1) is 37.0 Å². The summed E-state index contributed by atoms with van der Waals surface area (Å²) >= 11 is 0. The fourth-order valence-corrected chi connectivity index (χ4v) is 5.70. The minimum absolute atomic E-state index is 0.0717. The molecule has 1 spiro atoms. The average Bonchev–Trinajstić information content (AvgIpc) is 3.38. The van der Waals surface area contributed by atoms with Crippen LogP contribution in [0, 0.1) is 0 Å². The summed E-state index contributed by atoms with van der Waals surface area (Å²) in [5, 5.41) is 0. The monoisotopic (exact) mass is 486 g/mol. The summed E-state index contributed by atoms with van der Waals surface area (Å²) in [4.78, 5) is 37.5. The van der Waals surface area contributed by atoms with Gasteiger partial charge in [0, 0.05) is 11.1 Å². The highest BCUT2D eigenvalue weighted by atomic mass is 16.5. The van der Waals surface area contributed by atoms with Crippen molar-refractivity contribution in [3.63, 3.8) is 0 Å². The van der Waals surface area contributed by atoms with Crippen molar-refractivity contribution in [1.29, 1.82) is 0 Å². The zero-order chi connectivity index (χ0) is 24.9. The van der Waals surface area contributed by atoms with Crippen LogP contribution in [0.25, 0.3) is 11.3 Å². The summed E-state index contributed by atoms with van der Waals surface area (Å²) in [5.74, 6) is 1.00. The maximum absolute atomic E-state index is 13.2. The minimum atomic E-state index is -0.487. The van der Waals surface area contributed by atoms with Crippen LogP contribution in [-0.4, -0.2) is 30.4 Å². The lowest BCUT2D eigenvalue weighted by atomic mass is 9.77.